The number of carbonyl (C=O) groups excluding carboxylic acids is 3. The molecule has 0 radical (unpaired) electrons. The van der Waals surface area contributed by atoms with Crippen LogP contribution in [0.25, 0.3) is 0 Å². The van der Waals surface area contributed by atoms with Crippen LogP contribution in [0.2, 0.25) is 0 Å². The molecule has 7 heteroatoms. The third-order valence-corrected chi connectivity index (χ3v) is 4.19. The normalized spacial score (nSPS) is 16.5. The first-order chi connectivity index (χ1) is 11.9. The number of rotatable bonds is 7. The first-order valence-electron chi connectivity index (χ1n) is 8.23. The fraction of sp³-hybridized carbons (Fsp3) is 0.444. The Morgan fingerprint density at radius 2 is 1.88 bits per heavy atom. The van der Waals surface area contributed by atoms with Crippen molar-refractivity contribution in [1.29, 1.82) is 0 Å². The second-order valence-electron chi connectivity index (χ2n) is 6.20. The summed E-state index contributed by atoms with van der Waals surface area (Å²) in [5.74, 6) is -1.57. The van der Waals surface area contributed by atoms with E-state index in [0.29, 0.717) is 18.5 Å². The van der Waals surface area contributed by atoms with Crippen molar-refractivity contribution < 1.29 is 24.3 Å². The molecule has 1 fully saturated rings. The molecule has 1 aliphatic rings. The van der Waals surface area contributed by atoms with E-state index in [-0.39, 0.29) is 36.5 Å². The quantitative estimate of drug-likeness (QED) is 0.750. The summed E-state index contributed by atoms with van der Waals surface area (Å²) in [6.45, 7) is 1.69. The number of likely N-dealkylation sites (tertiary alicyclic amines) is 1. The molecule has 25 heavy (non-hydrogen) atoms. The van der Waals surface area contributed by atoms with Gasteiger partial charge >= 0.3 is 5.97 Å². The summed E-state index contributed by atoms with van der Waals surface area (Å²) in [4.78, 5) is 47.9. The second kappa shape index (κ2) is 8.41. The number of nitrogens with zero attached hydrogens (tertiary/aromatic N) is 1. The van der Waals surface area contributed by atoms with E-state index < -0.39 is 12.5 Å². The number of hydrogen-bond donors (Lipinski definition) is 2. The molecule has 0 saturated carbocycles. The van der Waals surface area contributed by atoms with Gasteiger partial charge in [0.2, 0.25) is 11.8 Å². The van der Waals surface area contributed by atoms with Gasteiger partial charge in [-0.2, -0.15) is 0 Å². The minimum Gasteiger partial charge on any atom is -0.480 e. The van der Waals surface area contributed by atoms with Gasteiger partial charge < -0.3 is 15.3 Å². The zero-order valence-corrected chi connectivity index (χ0v) is 14.2. The summed E-state index contributed by atoms with van der Waals surface area (Å²) in [7, 11) is 0. The second-order valence-corrected chi connectivity index (χ2v) is 6.20. The molecule has 1 aromatic carbocycles. The summed E-state index contributed by atoms with van der Waals surface area (Å²) in [6.07, 6.45) is 1.77. The third kappa shape index (κ3) is 5.41. The number of aliphatic carboxylic acids is 1. The van der Waals surface area contributed by atoms with Crippen LogP contribution in [0.15, 0.2) is 24.3 Å². The summed E-state index contributed by atoms with van der Waals surface area (Å²) in [6, 6.07) is 6.75. The van der Waals surface area contributed by atoms with Crippen LogP contribution in [0.1, 0.15) is 30.9 Å². The predicted molar refractivity (Wildman–Crippen MR) is 89.9 cm³/mol. The molecule has 0 unspecified atom stereocenters. The number of amides is 2. The van der Waals surface area contributed by atoms with Gasteiger partial charge in [0, 0.05) is 6.54 Å². The lowest BCUT2D eigenvalue weighted by molar-refractivity contribution is -0.137. The molecule has 2 N–H and O–H groups in total. The molecule has 0 aromatic heterocycles. The van der Waals surface area contributed by atoms with Crippen LogP contribution < -0.4 is 5.32 Å². The van der Waals surface area contributed by atoms with E-state index in [1.807, 2.05) is 0 Å². The standard InChI is InChI=1S/C18H22N2O5/c1-12(21)15-6-3-7-20(15)17(23)10-14-5-2-4-13(8-14)9-16(22)19-11-18(24)25/h2,4-5,8,15H,3,6-7,9-11H2,1H3,(H,19,22)(H,24,25)/t15-/m1/s1. The monoisotopic (exact) mass is 346 g/mol. The van der Waals surface area contributed by atoms with E-state index in [4.69, 9.17) is 5.11 Å². The smallest absolute Gasteiger partial charge is 0.322 e. The Bertz CT molecular complexity index is 686. The van der Waals surface area contributed by atoms with Crippen molar-refractivity contribution in [2.75, 3.05) is 13.1 Å². The molecule has 1 heterocycles. The van der Waals surface area contributed by atoms with Crippen LogP contribution in [0.4, 0.5) is 0 Å². The highest BCUT2D eigenvalue weighted by molar-refractivity contribution is 5.89. The van der Waals surface area contributed by atoms with E-state index >= 15 is 0 Å². The maximum atomic E-state index is 12.5. The van der Waals surface area contributed by atoms with E-state index in [9.17, 15) is 19.2 Å². The number of Topliss-reactive ketones (excluding diaryl/α,β-unsaturated/α-hetero) is 1. The van der Waals surface area contributed by atoms with Crippen LogP contribution in [0.3, 0.4) is 0 Å². The maximum Gasteiger partial charge on any atom is 0.322 e. The molecule has 1 aromatic rings. The van der Waals surface area contributed by atoms with E-state index in [2.05, 4.69) is 5.32 Å². The van der Waals surface area contributed by atoms with Gasteiger partial charge in [0.15, 0.2) is 5.78 Å². The number of nitrogens with one attached hydrogen (secondary N) is 1. The first kappa shape index (κ1) is 18.6. The van der Waals surface area contributed by atoms with Gasteiger partial charge in [-0.1, -0.05) is 24.3 Å². The lowest BCUT2D eigenvalue weighted by Gasteiger charge is -2.22. The number of carboxylic acids is 1. The van der Waals surface area contributed by atoms with E-state index in [1.165, 1.54) is 6.92 Å². The zero-order chi connectivity index (χ0) is 18.4. The third-order valence-electron chi connectivity index (χ3n) is 4.19. The van der Waals surface area contributed by atoms with Crippen molar-refractivity contribution in [1.82, 2.24) is 10.2 Å². The van der Waals surface area contributed by atoms with Gasteiger partial charge in [0.1, 0.15) is 6.54 Å². The van der Waals surface area contributed by atoms with Crippen molar-refractivity contribution in [2.24, 2.45) is 0 Å². The largest absolute Gasteiger partial charge is 0.480 e. The van der Waals surface area contributed by atoms with Crippen molar-refractivity contribution in [3.8, 4) is 0 Å². The zero-order valence-electron chi connectivity index (χ0n) is 14.2. The van der Waals surface area contributed by atoms with E-state index in [0.717, 1.165) is 12.0 Å². The fourth-order valence-electron chi connectivity index (χ4n) is 3.04. The highest BCUT2D eigenvalue weighted by Gasteiger charge is 2.31. The van der Waals surface area contributed by atoms with Crippen LogP contribution in [-0.4, -0.2) is 52.7 Å². The number of hydrogen-bond acceptors (Lipinski definition) is 4. The van der Waals surface area contributed by atoms with Crippen LogP contribution in [-0.2, 0) is 32.0 Å². The number of carboxylic acid groups (broad SMARTS) is 1. The Hall–Kier alpha value is -2.70. The number of ketones is 1. The highest BCUT2D eigenvalue weighted by atomic mass is 16.4. The van der Waals surface area contributed by atoms with Crippen molar-refractivity contribution in [2.45, 2.75) is 38.6 Å². The molecule has 134 valence electrons. The average Bonchev–Trinajstić information content (AvgIpc) is 3.03. The molecule has 0 aliphatic carbocycles. The molecule has 2 rings (SSSR count). The molecule has 0 bridgehead atoms. The summed E-state index contributed by atoms with van der Waals surface area (Å²) in [5.41, 5.74) is 1.47. The molecular weight excluding hydrogens is 324 g/mol. The predicted octanol–water partition coefficient (Wildman–Crippen LogP) is 0.552. The molecule has 1 saturated heterocycles. The molecule has 1 aliphatic heterocycles. The van der Waals surface area contributed by atoms with Crippen molar-refractivity contribution >= 4 is 23.6 Å². The topological polar surface area (TPSA) is 104 Å². The van der Waals surface area contributed by atoms with Crippen LogP contribution in [0.5, 0.6) is 0 Å². The lowest BCUT2D eigenvalue weighted by atomic mass is 10.0. The Morgan fingerprint density at radius 1 is 1.20 bits per heavy atom. The Morgan fingerprint density at radius 3 is 2.52 bits per heavy atom. The van der Waals surface area contributed by atoms with Gasteiger partial charge in [-0.3, -0.25) is 19.2 Å². The Kier molecular flexibility index (Phi) is 6.27. The molecule has 7 nitrogen and oxygen atoms in total. The maximum absolute atomic E-state index is 12.5. The van der Waals surface area contributed by atoms with Gasteiger partial charge in [0.05, 0.1) is 18.9 Å². The summed E-state index contributed by atoms with van der Waals surface area (Å²) < 4.78 is 0. The van der Waals surface area contributed by atoms with Crippen molar-refractivity contribution in [3.63, 3.8) is 0 Å². The fourth-order valence-corrected chi connectivity index (χ4v) is 3.04. The summed E-state index contributed by atoms with van der Waals surface area (Å²) in [5, 5.41) is 10.9. The minimum atomic E-state index is -1.10. The Balaban J connectivity index is 1.96. The van der Waals surface area contributed by atoms with Gasteiger partial charge in [0.25, 0.3) is 0 Å². The SMILES string of the molecule is CC(=O)[C@H]1CCCN1C(=O)Cc1cccc(CC(=O)NCC(=O)O)c1. The first-order valence-corrected chi connectivity index (χ1v) is 8.23. The summed E-state index contributed by atoms with van der Waals surface area (Å²) >= 11 is 0. The Labute approximate surface area is 146 Å². The van der Waals surface area contributed by atoms with Gasteiger partial charge in [-0.25, -0.2) is 0 Å². The molecule has 1 atom stereocenters. The van der Waals surface area contributed by atoms with Crippen LogP contribution >= 0.6 is 0 Å². The van der Waals surface area contributed by atoms with Gasteiger partial charge in [-0.05, 0) is 30.9 Å². The average molecular weight is 346 g/mol. The van der Waals surface area contributed by atoms with E-state index in [1.54, 1.807) is 29.2 Å². The van der Waals surface area contributed by atoms with Crippen molar-refractivity contribution in [3.05, 3.63) is 35.4 Å². The minimum absolute atomic E-state index is 0.00898. The molecule has 0 spiro atoms. The number of benzene rings is 1. The highest BCUT2D eigenvalue weighted by Crippen LogP contribution is 2.19. The van der Waals surface area contributed by atoms with Crippen LogP contribution in [0, 0.1) is 0 Å². The lowest BCUT2D eigenvalue weighted by Crippen LogP contribution is -2.40. The number of carbonyl (C=O) groups is 4. The molecule has 2 amide bonds. The molecular formula is C18H22N2O5. The van der Waals surface area contributed by atoms with Gasteiger partial charge in [-0.15, -0.1) is 0 Å².